The lowest BCUT2D eigenvalue weighted by Gasteiger charge is -2.12. The van der Waals surface area contributed by atoms with E-state index in [-0.39, 0.29) is 17.9 Å². The minimum atomic E-state index is -0.309. The Bertz CT molecular complexity index is 281. The van der Waals surface area contributed by atoms with Gasteiger partial charge in [-0.15, -0.1) is 6.58 Å². The van der Waals surface area contributed by atoms with Crippen molar-refractivity contribution in [1.29, 1.82) is 0 Å². The third-order valence-corrected chi connectivity index (χ3v) is 3.40. The lowest BCUT2D eigenvalue weighted by molar-refractivity contribution is -0.138. The molecule has 0 aromatic carbocycles. The van der Waals surface area contributed by atoms with Gasteiger partial charge in [0.05, 0.1) is 12.5 Å². The number of likely N-dealkylation sites (tertiary alicyclic amines) is 1. The Morgan fingerprint density at radius 2 is 2.38 bits per heavy atom. The van der Waals surface area contributed by atoms with Crippen LogP contribution in [0.5, 0.6) is 0 Å². The molecule has 5 heteroatoms. The van der Waals surface area contributed by atoms with Gasteiger partial charge in [-0.25, -0.2) is 0 Å². The molecule has 1 saturated heterocycles. The molecule has 0 aliphatic carbocycles. The van der Waals surface area contributed by atoms with Crippen molar-refractivity contribution in [3.63, 3.8) is 0 Å². The summed E-state index contributed by atoms with van der Waals surface area (Å²) in [6.07, 6.45) is 2.16. The molecule has 0 spiro atoms. The summed E-state index contributed by atoms with van der Waals surface area (Å²) in [5, 5.41) is 3.12. The number of carbonyl (C=O) groups is 2. The van der Waals surface area contributed by atoms with Gasteiger partial charge >= 0.3 is 0 Å². The fraction of sp³-hybridized carbons (Fsp3) is 0.636. The SMILES string of the molecule is C=CCSCCNC1CC(=O)N(CC)C1=O. The number of carbonyl (C=O) groups excluding carboxylic acids is 2. The number of thioether (sulfide) groups is 1. The van der Waals surface area contributed by atoms with E-state index >= 15 is 0 Å². The van der Waals surface area contributed by atoms with E-state index in [9.17, 15) is 9.59 Å². The van der Waals surface area contributed by atoms with E-state index in [1.54, 1.807) is 11.8 Å². The van der Waals surface area contributed by atoms with Crippen molar-refractivity contribution in [3.8, 4) is 0 Å². The first kappa shape index (κ1) is 13.3. The Morgan fingerprint density at radius 1 is 1.62 bits per heavy atom. The Morgan fingerprint density at radius 3 is 2.94 bits per heavy atom. The van der Waals surface area contributed by atoms with Crippen LogP contribution in [0, 0.1) is 0 Å². The maximum atomic E-state index is 11.7. The highest BCUT2D eigenvalue weighted by Gasteiger charge is 2.36. The number of imide groups is 1. The smallest absolute Gasteiger partial charge is 0.246 e. The normalized spacial score (nSPS) is 20.6. The van der Waals surface area contributed by atoms with Gasteiger partial charge in [0.15, 0.2) is 0 Å². The van der Waals surface area contributed by atoms with Crippen molar-refractivity contribution in [1.82, 2.24) is 10.2 Å². The quantitative estimate of drug-likeness (QED) is 0.404. The molecule has 0 bridgehead atoms. The average Bonchev–Trinajstić information content (AvgIpc) is 2.53. The highest BCUT2D eigenvalue weighted by atomic mass is 32.2. The molecule has 1 aliphatic heterocycles. The molecule has 0 radical (unpaired) electrons. The molecule has 1 unspecified atom stereocenters. The van der Waals surface area contributed by atoms with Crippen molar-refractivity contribution < 1.29 is 9.59 Å². The predicted octanol–water partition coefficient (Wildman–Crippen LogP) is 0.643. The molecule has 1 N–H and O–H groups in total. The highest BCUT2D eigenvalue weighted by Crippen LogP contribution is 2.12. The van der Waals surface area contributed by atoms with E-state index < -0.39 is 0 Å². The molecule has 1 heterocycles. The van der Waals surface area contributed by atoms with Crippen LogP contribution in [0.15, 0.2) is 12.7 Å². The topological polar surface area (TPSA) is 49.4 Å². The number of nitrogens with zero attached hydrogens (tertiary/aromatic N) is 1. The van der Waals surface area contributed by atoms with Crippen LogP contribution in [0.25, 0.3) is 0 Å². The standard InChI is InChI=1S/C11H18N2O2S/c1-3-6-16-7-5-12-9-8-10(14)13(4-2)11(9)15/h3,9,12H,1,4-8H2,2H3. The van der Waals surface area contributed by atoms with Crippen molar-refractivity contribution in [2.75, 3.05) is 24.6 Å². The van der Waals surface area contributed by atoms with Crippen LogP contribution in [0.4, 0.5) is 0 Å². The zero-order valence-electron chi connectivity index (χ0n) is 9.57. The van der Waals surface area contributed by atoms with E-state index in [2.05, 4.69) is 11.9 Å². The molecule has 16 heavy (non-hydrogen) atoms. The first-order chi connectivity index (χ1) is 7.70. The largest absolute Gasteiger partial charge is 0.305 e. The summed E-state index contributed by atoms with van der Waals surface area (Å²) in [5.41, 5.74) is 0. The third kappa shape index (κ3) is 3.35. The van der Waals surface area contributed by atoms with Crippen molar-refractivity contribution in [2.45, 2.75) is 19.4 Å². The molecule has 1 atom stereocenters. The zero-order valence-corrected chi connectivity index (χ0v) is 10.4. The van der Waals surface area contributed by atoms with Gasteiger partial charge in [0.2, 0.25) is 11.8 Å². The van der Waals surface area contributed by atoms with Crippen molar-refractivity contribution in [3.05, 3.63) is 12.7 Å². The van der Waals surface area contributed by atoms with Gasteiger partial charge in [-0.3, -0.25) is 14.5 Å². The molecule has 90 valence electrons. The van der Waals surface area contributed by atoms with Gasteiger partial charge in [-0.1, -0.05) is 6.08 Å². The molecule has 4 nitrogen and oxygen atoms in total. The summed E-state index contributed by atoms with van der Waals surface area (Å²) in [6, 6.07) is -0.309. The van der Waals surface area contributed by atoms with E-state index in [0.29, 0.717) is 13.0 Å². The van der Waals surface area contributed by atoms with Crippen LogP contribution < -0.4 is 5.32 Å². The van der Waals surface area contributed by atoms with Crippen LogP contribution in [-0.2, 0) is 9.59 Å². The second-order valence-corrected chi connectivity index (χ2v) is 4.70. The number of nitrogens with one attached hydrogen (secondary N) is 1. The highest BCUT2D eigenvalue weighted by molar-refractivity contribution is 7.99. The van der Waals surface area contributed by atoms with Gasteiger partial charge in [0, 0.05) is 24.6 Å². The van der Waals surface area contributed by atoms with E-state index in [0.717, 1.165) is 18.1 Å². The van der Waals surface area contributed by atoms with Crippen LogP contribution in [0.2, 0.25) is 0 Å². The first-order valence-corrected chi connectivity index (χ1v) is 6.62. The summed E-state index contributed by atoms with van der Waals surface area (Å²) in [5.74, 6) is 1.70. The zero-order chi connectivity index (χ0) is 12.0. The van der Waals surface area contributed by atoms with Crippen molar-refractivity contribution >= 4 is 23.6 Å². The molecule has 2 amide bonds. The molecule has 1 aliphatic rings. The second kappa shape index (κ2) is 6.70. The van der Waals surface area contributed by atoms with Gasteiger partial charge in [-0.05, 0) is 6.92 Å². The Kier molecular flexibility index (Phi) is 5.55. The minimum Gasteiger partial charge on any atom is -0.305 e. The fourth-order valence-electron chi connectivity index (χ4n) is 1.65. The molecule has 1 fully saturated rings. The monoisotopic (exact) mass is 242 g/mol. The maximum absolute atomic E-state index is 11.7. The van der Waals surface area contributed by atoms with Crippen LogP contribution in [-0.4, -0.2) is 47.4 Å². The Labute approximate surface area is 100 Å². The fourth-order valence-corrected chi connectivity index (χ4v) is 2.24. The molecule has 0 aromatic heterocycles. The van der Waals surface area contributed by atoms with Gasteiger partial charge < -0.3 is 5.32 Å². The van der Waals surface area contributed by atoms with Crippen LogP contribution in [0.3, 0.4) is 0 Å². The summed E-state index contributed by atoms with van der Waals surface area (Å²) < 4.78 is 0. The Hall–Kier alpha value is -0.810. The summed E-state index contributed by atoms with van der Waals surface area (Å²) >= 11 is 1.75. The number of likely N-dealkylation sites (N-methyl/N-ethyl adjacent to an activating group) is 1. The number of hydrogen-bond acceptors (Lipinski definition) is 4. The molecule has 0 aromatic rings. The van der Waals surface area contributed by atoms with Gasteiger partial charge in [-0.2, -0.15) is 11.8 Å². The van der Waals surface area contributed by atoms with E-state index in [1.807, 2.05) is 13.0 Å². The maximum Gasteiger partial charge on any atom is 0.246 e. The van der Waals surface area contributed by atoms with Gasteiger partial charge in [0.1, 0.15) is 0 Å². The van der Waals surface area contributed by atoms with E-state index in [1.165, 1.54) is 4.90 Å². The summed E-state index contributed by atoms with van der Waals surface area (Å²) in [6.45, 7) is 6.67. The van der Waals surface area contributed by atoms with Crippen LogP contribution >= 0.6 is 11.8 Å². The molecular formula is C11H18N2O2S. The molecule has 1 rings (SSSR count). The van der Waals surface area contributed by atoms with Crippen molar-refractivity contribution in [2.24, 2.45) is 0 Å². The number of amides is 2. The average molecular weight is 242 g/mol. The van der Waals surface area contributed by atoms with Gasteiger partial charge in [0.25, 0.3) is 0 Å². The predicted molar refractivity (Wildman–Crippen MR) is 66.3 cm³/mol. The first-order valence-electron chi connectivity index (χ1n) is 5.47. The lowest BCUT2D eigenvalue weighted by atomic mass is 10.2. The number of rotatable bonds is 7. The molecule has 0 saturated carbocycles. The van der Waals surface area contributed by atoms with E-state index in [4.69, 9.17) is 0 Å². The minimum absolute atomic E-state index is 0.0660. The number of hydrogen-bond donors (Lipinski definition) is 1. The summed E-state index contributed by atoms with van der Waals surface area (Å²) in [4.78, 5) is 24.4. The Balaban J connectivity index is 2.26. The van der Waals surface area contributed by atoms with Crippen LogP contribution in [0.1, 0.15) is 13.3 Å². The molecular weight excluding hydrogens is 224 g/mol. The summed E-state index contributed by atoms with van der Waals surface area (Å²) in [7, 11) is 0. The third-order valence-electron chi connectivity index (χ3n) is 2.43. The second-order valence-electron chi connectivity index (χ2n) is 3.55. The lowest BCUT2D eigenvalue weighted by Crippen LogP contribution is -2.39.